The Bertz CT molecular complexity index is 1040. The van der Waals surface area contributed by atoms with Gasteiger partial charge in [-0.05, 0) is 42.7 Å². The second-order valence-corrected chi connectivity index (χ2v) is 8.08. The van der Waals surface area contributed by atoms with Crippen molar-refractivity contribution in [3.05, 3.63) is 69.8 Å². The van der Waals surface area contributed by atoms with E-state index in [-0.39, 0.29) is 36.3 Å². The molecule has 0 spiro atoms. The number of nitro benzene ring substituents is 1. The van der Waals surface area contributed by atoms with E-state index in [0.29, 0.717) is 0 Å². The zero-order valence-corrected chi connectivity index (χ0v) is 16.6. The largest absolute Gasteiger partial charge is 0.346 e. The van der Waals surface area contributed by atoms with Crippen molar-refractivity contribution in [2.45, 2.75) is 37.6 Å². The van der Waals surface area contributed by atoms with E-state index in [1.807, 2.05) is 0 Å². The fourth-order valence-corrected chi connectivity index (χ4v) is 4.51. The summed E-state index contributed by atoms with van der Waals surface area (Å²) in [5.41, 5.74) is -0.312. The number of nitrogens with zero attached hydrogens (tertiary/aromatic N) is 2. The molecule has 2 fully saturated rings. The van der Waals surface area contributed by atoms with Crippen LogP contribution in [0.4, 0.5) is 20.2 Å². The van der Waals surface area contributed by atoms with E-state index in [0.717, 1.165) is 43.4 Å². The lowest BCUT2D eigenvalue weighted by Crippen LogP contribution is -2.46. The molecule has 1 aliphatic carbocycles. The van der Waals surface area contributed by atoms with Crippen molar-refractivity contribution in [2.75, 3.05) is 11.4 Å². The van der Waals surface area contributed by atoms with E-state index in [1.54, 1.807) is 12.1 Å². The molecule has 2 amide bonds. The van der Waals surface area contributed by atoms with Crippen LogP contribution in [0.5, 0.6) is 0 Å². The maximum atomic E-state index is 13.6. The molecule has 162 valence electrons. The van der Waals surface area contributed by atoms with Crippen molar-refractivity contribution in [1.82, 2.24) is 5.32 Å². The van der Waals surface area contributed by atoms with E-state index in [4.69, 9.17) is 0 Å². The first kappa shape index (κ1) is 20.9. The highest BCUT2D eigenvalue weighted by Crippen LogP contribution is 2.39. The van der Waals surface area contributed by atoms with Crippen molar-refractivity contribution in [3.63, 3.8) is 0 Å². The molecule has 0 aromatic heterocycles. The molecule has 1 N–H and O–H groups in total. The monoisotopic (exact) mass is 429 g/mol. The van der Waals surface area contributed by atoms with Gasteiger partial charge in [0.2, 0.25) is 17.6 Å². The van der Waals surface area contributed by atoms with Gasteiger partial charge in [-0.1, -0.05) is 25.0 Å². The number of anilines is 1. The minimum absolute atomic E-state index is 0.0451. The van der Waals surface area contributed by atoms with Gasteiger partial charge in [0.05, 0.1) is 22.1 Å². The highest BCUT2D eigenvalue weighted by Gasteiger charge is 2.42. The zero-order valence-electron chi connectivity index (χ0n) is 16.6. The number of nitrogens with one attached hydrogen (secondary N) is 1. The van der Waals surface area contributed by atoms with Gasteiger partial charge in [-0.25, -0.2) is 4.39 Å². The third-order valence-electron chi connectivity index (χ3n) is 6.15. The van der Waals surface area contributed by atoms with Gasteiger partial charge in [0.1, 0.15) is 5.82 Å². The molecule has 7 nitrogen and oxygen atoms in total. The highest BCUT2D eigenvalue weighted by atomic mass is 19.1. The molecule has 4 rings (SSSR count). The predicted molar refractivity (Wildman–Crippen MR) is 108 cm³/mol. The summed E-state index contributed by atoms with van der Waals surface area (Å²) >= 11 is 0. The maximum Gasteiger partial charge on any atom is 0.306 e. The van der Waals surface area contributed by atoms with Crippen molar-refractivity contribution in [3.8, 4) is 0 Å². The summed E-state index contributed by atoms with van der Waals surface area (Å²) in [6.07, 6.45) is 3.24. The van der Waals surface area contributed by atoms with Crippen LogP contribution in [0.2, 0.25) is 0 Å². The van der Waals surface area contributed by atoms with Crippen LogP contribution in [0.15, 0.2) is 42.5 Å². The number of halogens is 2. The summed E-state index contributed by atoms with van der Waals surface area (Å²) in [5, 5.41) is 14.1. The molecule has 9 heteroatoms. The summed E-state index contributed by atoms with van der Waals surface area (Å²) in [6.45, 7) is 0.0486. The summed E-state index contributed by atoms with van der Waals surface area (Å²) in [6, 6.07) is 9.31. The average Bonchev–Trinajstić information content (AvgIpc) is 3.36. The number of rotatable bonds is 5. The summed E-state index contributed by atoms with van der Waals surface area (Å²) in [5.74, 6) is -2.64. The third-order valence-corrected chi connectivity index (χ3v) is 6.15. The third kappa shape index (κ3) is 3.99. The predicted octanol–water partition coefficient (Wildman–Crippen LogP) is 3.81. The van der Waals surface area contributed by atoms with Crippen LogP contribution in [0.1, 0.15) is 37.7 Å². The molecule has 31 heavy (non-hydrogen) atoms. The lowest BCUT2D eigenvalue weighted by Gasteiger charge is -2.32. The average molecular weight is 429 g/mol. The Kier molecular flexibility index (Phi) is 5.43. The van der Waals surface area contributed by atoms with E-state index in [9.17, 15) is 28.5 Å². The number of hydrogen-bond acceptors (Lipinski definition) is 4. The van der Waals surface area contributed by atoms with Gasteiger partial charge in [0.25, 0.3) is 0 Å². The quantitative estimate of drug-likeness (QED) is 0.578. The van der Waals surface area contributed by atoms with Crippen LogP contribution < -0.4 is 10.2 Å². The number of carbonyl (C=O) groups excluding carboxylic acids is 2. The normalized spacial score (nSPS) is 20.1. The molecule has 1 atom stereocenters. The van der Waals surface area contributed by atoms with Gasteiger partial charge >= 0.3 is 5.69 Å². The standard InChI is InChI=1S/C22H21F2N3O4/c23-16-5-3-15(4-6-16)22(9-1-2-10-22)25-21(29)14-11-20(28)26(13-14)17-7-8-18(24)19(12-17)27(30)31/h3-8,12,14H,1-2,9-11,13H2,(H,25,29). The molecular weight excluding hydrogens is 408 g/mol. The van der Waals surface area contributed by atoms with Crippen LogP contribution in [-0.4, -0.2) is 23.3 Å². The first-order chi connectivity index (χ1) is 14.8. The van der Waals surface area contributed by atoms with Crippen molar-refractivity contribution < 1.29 is 23.3 Å². The van der Waals surface area contributed by atoms with Crippen LogP contribution in [0.3, 0.4) is 0 Å². The van der Waals surface area contributed by atoms with Crippen molar-refractivity contribution in [2.24, 2.45) is 5.92 Å². The highest BCUT2D eigenvalue weighted by molar-refractivity contribution is 6.00. The van der Waals surface area contributed by atoms with Crippen molar-refractivity contribution >= 4 is 23.2 Å². The fraction of sp³-hybridized carbons (Fsp3) is 0.364. The SMILES string of the molecule is O=C(NC1(c2ccc(F)cc2)CCCC1)C1CC(=O)N(c2ccc(F)c([N+](=O)[O-])c2)C1. The molecule has 0 bridgehead atoms. The number of hydrogen-bond donors (Lipinski definition) is 1. The number of nitro groups is 1. The Labute approximate surface area is 177 Å². The van der Waals surface area contributed by atoms with Crippen LogP contribution in [-0.2, 0) is 15.1 Å². The van der Waals surface area contributed by atoms with Gasteiger partial charge in [0.15, 0.2) is 0 Å². The molecule has 2 aromatic rings. The molecule has 1 unspecified atom stereocenters. The van der Waals surface area contributed by atoms with Gasteiger partial charge in [0, 0.05) is 19.0 Å². The first-order valence-electron chi connectivity index (χ1n) is 10.1. The number of carbonyl (C=O) groups is 2. The molecule has 0 radical (unpaired) electrons. The Balaban J connectivity index is 1.52. The fourth-order valence-electron chi connectivity index (χ4n) is 4.51. The summed E-state index contributed by atoms with van der Waals surface area (Å²) in [7, 11) is 0. The molecular formula is C22H21F2N3O4. The van der Waals surface area contributed by atoms with Gasteiger partial charge < -0.3 is 10.2 Å². The number of benzene rings is 2. The zero-order chi connectivity index (χ0) is 22.2. The van der Waals surface area contributed by atoms with Crippen LogP contribution >= 0.6 is 0 Å². The van der Waals surface area contributed by atoms with Gasteiger partial charge in [-0.2, -0.15) is 4.39 Å². The summed E-state index contributed by atoms with van der Waals surface area (Å²) < 4.78 is 27.0. The second kappa shape index (κ2) is 8.05. The first-order valence-corrected chi connectivity index (χ1v) is 10.1. The Morgan fingerprint density at radius 2 is 1.81 bits per heavy atom. The van der Waals surface area contributed by atoms with Gasteiger partial charge in [-0.15, -0.1) is 0 Å². The molecule has 1 saturated heterocycles. The molecule has 1 heterocycles. The minimum atomic E-state index is -0.989. The van der Waals surface area contributed by atoms with E-state index >= 15 is 0 Å². The van der Waals surface area contributed by atoms with Crippen molar-refractivity contribution in [1.29, 1.82) is 0 Å². The van der Waals surface area contributed by atoms with E-state index in [2.05, 4.69) is 5.32 Å². The molecule has 2 aromatic carbocycles. The lowest BCUT2D eigenvalue weighted by atomic mass is 9.87. The van der Waals surface area contributed by atoms with Crippen LogP contribution in [0.25, 0.3) is 0 Å². The second-order valence-electron chi connectivity index (χ2n) is 8.08. The van der Waals surface area contributed by atoms with Gasteiger partial charge in [-0.3, -0.25) is 19.7 Å². The molecule has 1 aliphatic heterocycles. The lowest BCUT2D eigenvalue weighted by molar-refractivity contribution is -0.387. The maximum absolute atomic E-state index is 13.6. The van der Waals surface area contributed by atoms with E-state index in [1.165, 1.54) is 23.1 Å². The van der Waals surface area contributed by atoms with E-state index < -0.39 is 27.9 Å². The van der Waals surface area contributed by atoms with Crippen LogP contribution in [0, 0.1) is 27.7 Å². The smallest absolute Gasteiger partial charge is 0.306 e. The Hall–Kier alpha value is -3.36. The minimum Gasteiger partial charge on any atom is -0.346 e. The Morgan fingerprint density at radius 1 is 1.13 bits per heavy atom. The topological polar surface area (TPSA) is 92.6 Å². The molecule has 2 aliphatic rings. The summed E-state index contributed by atoms with van der Waals surface area (Å²) in [4.78, 5) is 37.0. The molecule has 1 saturated carbocycles. The Morgan fingerprint density at radius 3 is 2.45 bits per heavy atom. The number of amides is 2.